The summed E-state index contributed by atoms with van der Waals surface area (Å²) in [5.74, 6) is 0. The Hall–Kier alpha value is -0.770. The van der Waals surface area contributed by atoms with E-state index in [0.717, 1.165) is 25.9 Å². The fourth-order valence-electron chi connectivity index (χ4n) is 1.97. The third-order valence-corrected chi connectivity index (χ3v) is 2.78. The number of hydrogen-bond acceptors (Lipinski definition) is 2. The molecule has 2 rings (SSSR count). The highest BCUT2D eigenvalue weighted by Crippen LogP contribution is 2.35. The van der Waals surface area contributed by atoms with Crippen LogP contribution in [0.15, 0.2) is 0 Å². The summed E-state index contributed by atoms with van der Waals surface area (Å²) in [5, 5.41) is 8.76. The van der Waals surface area contributed by atoms with Gasteiger partial charge in [-0.3, -0.25) is 0 Å². The van der Waals surface area contributed by atoms with Crippen LogP contribution < -0.4 is 0 Å². The molecule has 12 heavy (non-hydrogen) atoms. The molecule has 4 heteroatoms. The zero-order valence-electron chi connectivity index (χ0n) is 6.95. The summed E-state index contributed by atoms with van der Waals surface area (Å²) in [4.78, 5) is 12.1. The summed E-state index contributed by atoms with van der Waals surface area (Å²) < 4.78 is 5.43. The second-order valence-electron chi connectivity index (χ2n) is 3.59. The van der Waals surface area contributed by atoms with Crippen molar-refractivity contribution >= 4 is 6.09 Å². The van der Waals surface area contributed by atoms with Gasteiger partial charge in [0.1, 0.15) is 0 Å². The van der Waals surface area contributed by atoms with Crippen LogP contribution in [0, 0.1) is 0 Å². The monoisotopic (exact) mass is 171 g/mol. The molecule has 0 bridgehead atoms. The number of carboxylic acid groups (broad SMARTS) is 1. The van der Waals surface area contributed by atoms with Gasteiger partial charge in [0.25, 0.3) is 0 Å². The smallest absolute Gasteiger partial charge is 0.407 e. The largest absolute Gasteiger partial charge is 0.465 e. The van der Waals surface area contributed by atoms with Crippen LogP contribution in [-0.2, 0) is 4.74 Å². The number of carbonyl (C=O) groups is 1. The van der Waals surface area contributed by atoms with Crippen molar-refractivity contribution in [1.29, 1.82) is 0 Å². The first kappa shape index (κ1) is 7.86. The van der Waals surface area contributed by atoms with Crippen LogP contribution in [0.1, 0.15) is 19.3 Å². The molecule has 0 unspecified atom stereocenters. The van der Waals surface area contributed by atoms with Gasteiger partial charge in [-0.1, -0.05) is 0 Å². The van der Waals surface area contributed by atoms with Gasteiger partial charge in [-0.05, 0) is 12.8 Å². The third-order valence-electron chi connectivity index (χ3n) is 2.78. The zero-order chi connectivity index (χ0) is 8.60. The molecule has 2 aliphatic rings. The van der Waals surface area contributed by atoms with Gasteiger partial charge in [0.15, 0.2) is 0 Å². The summed E-state index contributed by atoms with van der Waals surface area (Å²) in [5.41, 5.74) is -0.101. The maximum Gasteiger partial charge on any atom is 0.407 e. The highest BCUT2D eigenvalue weighted by atomic mass is 16.5. The van der Waals surface area contributed by atoms with Crippen molar-refractivity contribution in [2.24, 2.45) is 0 Å². The van der Waals surface area contributed by atoms with E-state index in [0.29, 0.717) is 13.1 Å². The van der Waals surface area contributed by atoms with Gasteiger partial charge < -0.3 is 14.7 Å². The van der Waals surface area contributed by atoms with Crippen LogP contribution in [-0.4, -0.2) is 41.4 Å². The molecule has 0 aromatic heterocycles. The van der Waals surface area contributed by atoms with Gasteiger partial charge >= 0.3 is 6.09 Å². The maximum atomic E-state index is 10.7. The van der Waals surface area contributed by atoms with Crippen molar-refractivity contribution in [2.45, 2.75) is 24.9 Å². The van der Waals surface area contributed by atoms with Crippen LogP contribution in [0.5, 0.6) is 0 Å². The van der Waals surface area contributed by atoms with E-state index in [1.165, 1.54) is 4.90 Å². The van der Waals surface area contributed by atoms with Crippen LogP contribution in [0.2, 0.25) is 0 Å². The lowest BCUT2D eigenvalue weighted by Gasteiger charge is -2.47. The summed E-state index contributed by atoms with van der Waals surface area (Å²) >= 11 is 0. The van der Waals surface area contributed by atoms with Crippen molar-refractivity contribution in [3.8, 4) is 0 Å². The number of hydrogen-bond donors (Lipinski definition) is 1. The SMILES string of the molecule is O=C(O)N1CCC[C@@]2(CCO2)C1. The van der Waals surface area contributed by atoms with Gasteiger partial charge in [0, 0.05) is 13.0 Å². The summed E-state index contributed by atoms with van der Waals surface area (Å²) in [6, 6.07) is 0. The summed E-state index contributed by atoms with van der Waals surface area (Å²) in [7, 11) is 0. The first-order valence-corrected chi connectivity index (χ1v) is 4.34. The molecule has 2 aliphatic heterocycles. The lowest BCUT2D eigenvalue weighted by Crippen LogP contribution is -2.56. The zero-order valence-corrected chi connectivity index (χ0v) is 6.95. The highest BCUT2D eigenvalue weighted by Gasteiger charge is 2.43. The van der Waals surface area contributed by atoms with E-state index in [-0.39, 0.29) is 5.60 Å². The third kappa shape index (κ3) is 1.16. The van der Waals surface area contributed by atoms with E-state index >= 15 is 0 Å². The Kier molecular flexibility index (Phi) is 1.72. The van der Waals surface area contributed by atoms with Crippen molar-refractivity contribution in [3.05, 3.63) is 0 Å². The van der Waals surface area contributed by atoms with Crippen molar-refractivity contribution in [1.82, 2.24) is 4.90 Å². The molecule has 0 radical (unpaired) electrons. The Bertz CT molecular complexity index is 200. The minimum atomic E-state index is -0.815. The first-order valence-electron chi connectivity index (χ1n) is 4.34. The molecule has 0 saturated carbocycles. The number of rotatable bonds is 0. The number of likely N-dealkylation sites (tertiary alicyclic amines) is 1. The van der Waals surface area contributed by atoms with E-state index in [1.807, 2.05) is 0 Å². The minimum absolute atomic E-state index is 0.101. The molecule has 1 amide bonds. The maximum absolute atomic E-state index is 10.7. The van der Waals surface area contributed by atoms with Gasteiger partial charge in [-0.15, -0.1) is 0 Å². The van der Waals surface area contributed by atoms with E-state index in [1.54, 1.807) is 0 Å². The number of amides is 1. The van der Waals surface area contributed by atoms with Crippen LogP contribution in [0.3, 0.4) is 0 Å². The van der Waals surface area contributed by atoms with Gasteiger partial charge in [0.05, 0.1) is 18.8 Å². The molecular formula is C8H13NO3. The predicted octanol–water partition coefficient (Wildman–Crippen LogP) is 0.919. The van der Waals surface area contributed by atoms with Crippen molar-refractivity contribution in [3.63, 3.8) is 0 Å². The molecule has 4 nitrogen and oxygen atoms in total. The molecule has 0 aromatic rings. The Labute approximate surface area is 71.1 Å². The predicted molar refractivity (Wildman–Crippen MR) is 42.1 cm³/mol. The minimum Gasteiger partial charge on any atom is -0.465 e. The lowest BCUT2D eigenvalue weighted by molar-refractivity contribution is -0.172. The Balaban J connectivity index is 1.98. The van der Waals surface area contributed by atoms with E-state index in [9.17, 15) is 4.79 Å². The van der Waals surface area contributed by atoms with E-state index < -0.39 is 6.09 Å². The quantitative estimate of drug-likeness (QED) is 0.589. The Morgan fingerprint density at radius 1 is 1.50 bits per heavy atom. The second kappa shape index (κ2) is 2.62. The molecule has 2 saturated heterocycles. The Morgan fingerprint density at radius 2 is 2.25 bits per heavy atom. The number of ether oxygens (including phenoxy) is 1. The molecule has 2 heterocycles. The molecule has 1 atom stereocenters. The first-order chi connectivity index (χ1) is 5.72. The van der Waals surface area contributed by atoms with Gasteiger partial charge in [0.2, 0.25) is 0 Å². The molecule has 0 aliphatic carbocycles. The summed E-state index contributed by atoms with van der Waals surface area (Å²) in [6.07, 6.45) is 2.17. The van der Waals surface area contributed by atoms with Crippen molar-refractivity contribution < 1.29 is 14.6 Å². The topological polar surface area (TPSA) is 49.8 Å². The van der Waals surface area contributed by atoms with E-state index in [2.05, 4.69) is 0 Å². The molecular weight excluding hydrogens is 158 g/mol. The Morgan fingerprint density at radius 3 is 2.75 bits per heavy atom. The average molecular weight is 171 g/mol. The molecule has 0 aromatic carbocycles. The lowest BCUT2D eigenvalue weighted by atomic mass is 9.86. The number of piperidine rings is 1. The highest BCUT2D eigenvalue weighted by molar-refractivity contribution is 5.65. The van der Waals surface area contributed by atoms with Gasteiger partial charge in [-0.2, -0.15) is 0 Å². The fourth-order valence-corrected chi connectivity index (χ4v) is 1.97. The van der Waals surface area contributed by atoms with Crippen LogP contribution >= 0.6 is 0 Å². The average Bonchev–Trinajstić information content (AvgIpc) is 2.02. The van der Waals surface area contributed by atoms with E-state index in [4.69, 9.17) is 9.84 Å². The van der Waals surface area contributed by atoms with Crippen LogP contribution in [0.25, 0.3) is 0 Å². The molecule has 2 fully saturated rings. The molecule has 1 spiro atoms. The van der Waals surface area contributed by atoms with Crippen LogP contribution in [0.4, 0.5) is 4.79 Å². The molecule has 68 valence electrons. The second-order valence-corrected chi connectivity index (χ2v) is 3.59. The standard InChI is InChI=1S/C8H13NO3/c10-7(11)9-4-1-2-8(6-9)3-5-12-8/h1-6H2,(H,10,11)/t8-/m1/s1. The normalized spacial score (nSPS) is 34.8. The van der Waals surface area contributed by atoms with Crippen molar-refractivity contribution in [2.75, 3.05) is 19.7 Å². The molecule has 1 N–H and O–H groups in total. The fraction of sp³-hybridized carbons (Fsp3) is 0.875. The summed E-state index contributed by atoms with van der Waals surface area (Å²) in [6.45, 7) is 2.04. The van der Waals surface area contributed by atoms with Gasteiger partial charge in [-0.25, -0.2) is 4.79 Å². The number of nitrogens with zero attached hydrogens (tertiary/aromatic N) is 1.